The Morgan fingerprint density at radius 3 is 1.45 bits per heavy atom. The molecule has 1 fully saturated rings. The molecule has 0 bridgehead atoms. The molecule has 1 aliphatic rings. The quantitative estimate of drug-likeness (QED) is 0.719. The highest BCUT2D eigenvalue weighted by atomic mass is 16.6. The highest BCUT2D eigenvalue weighted by Gasteiger charge is 2.13. The second-order valence-electron chi connectivity index (χ2n) is 6.10. The molecule has 1 rings (SSSR count). The number of carbonyl (C=O) groups is 1. The van der Waals surface area contributed by atoms with E-state index in [1.54, 1.807) is 7.05 Å². The molecule has 0 aromatic heterocycles. The number of ether oxygens (including phenoxy) is 1. The minimum Gasteiger partial charge on any atom is -0.446 e. The van der Waals surface area contributed by atoms with E-state index < -0.39 is 0 Å². The fraction of sp³-hybridized carbons (Fsp3) is 0.941. The maximum absolute atomic E-state index is 11.4. The Morgan fingerprint density at radius 1 is 0.750 bits per heavy atom. The number of alkyl carbamates (subject to hydrolysis) is 1. The molecule has 1 N–H and O–H groups in total. The zero-order valence-corrected chi connectivity index (χ0v) is 13.3. The lowest BCUT2D eigenvalue weighted by atomic mass is 10.0. The Morgan fingerprint density at radius 2 is 1.10 bits per heavy atom. The SMILES string of the molecule is CNC(=O)OC1CCCCCCCCCCCCCC1. The van der Waals surface area contributed by atoms with Crippen molar-refractivity contribution in [3.05, 3.63) is 0 Å². The van der Waals surface area contributed by atoms with Crippen LogP contribution in [-0.4, -0.2) is 19.2 Å². The summed E-state index contributed by atoms with van der Waals surface area (Å²) in [5, 5.41) is 2.56. The summed E-state index contributed by atoms with van der Waals surface area (Å²) in [6, 6.07) is 0. The van der Waals surface area contributed by atoms with E-state index in [2.05, 4.69) is 5.32 Å². The number of rotatable bonds is 1. The first-order valence-electron chi connectivity index (χ1n) is 8.71. The second kappa shape index (κ2) is 12.0. The van der Waals surface area contributed by atoms with Crippen molar-refractivity contribution in [2.75, 3.05) is 7.05 Å². The van der Waals surface area contributed by atoms with E-state index in [1.807, 2.05) is 0 Å². The molecule has 118 valence electrons. The fourth-order valence-electron chi connectivity index (χ4n) is 2.98. The van der Waals surface area contributed by atoms with E-state index in [-0.39, 0.29) is 12.2 Å². The fourth-order valence-corrected chi connectivity index (χ4v) is 2.98. The van der Waals surface area contributed by atoms with Gasteiger partial charge in [-0.05, 0) is 25.7 Å². The summed E-state index contributed by atoms with van der Waals surface area (Å²) >= 11 is 0. The van der Waals surface area contributed by atoms with Gasteiger partial charge in [0.25, 0.3) is 0 Å². The van der Waals surface area contributed by atoms with Crippen LogP contribution in [0.3, 0.4) is 0 Å². The summed E-state index contributed by atoms with van der Waals surface area (Å²) in [6.07, 6.45) is 18.0. The van der Waals surface area contributed by atoms with Crippen LogP contribution in [-0.2, 0) is 4.74 Å². The van der Waals surface area contributed by atoms with Crippen LogP contribution in [0.2, 0.25) is 0 Å². The maximum Gasteiger partial charge on any atom is 0.407 e. The van der Waals surface area contributed by atoms with Gasteiger partial charge in [0.1, 0.15) is 6.10 Å². The number of hydrogen-bond acceptors (Lipinski definition) is 2. The van der Waals surface area contributed by atoms with E-state index in [0.29, 0.717) is 0 Å². The van der Waals surface area contributed by atoms with Crippen LogP contribution < -0.4 is 5.32 Å². The average molecular weight is 283 g/mol. The summed E-state index contributed by atoms with van der Waals surface area (Å²) in [5.74, 6) is 0. The molecule has 0 radical (unpaired) electrons. The highest BCUT2D eigenvalue weighted by Crippen LogP contribution is 2.18. The van der Waals surface area contributed by atoms with Crippen molar-refractivity contribution in [2.24, 2.45) is 0 Å². The molecule has 0 unspecified atom stereocenters. The van der Waals surface area contributed by atoms with Crippen molar-refractivity contribution >= 4 is 6.09 Å². The predicted octanol–water partition coefficient (Wildman–Crippen LogP) is 5.19. The standard InChI is InChI=1S/C17H33NO2/c1-18-17(19)20-16-14-12-10-8-6-4-2-3-5-7-9-11-13-15-16/h16H,2-15H2,1H3,(H,18,19). The van der Waals surface area contributed by atoms with Crippen LogP contribution >= 0.6 is 0 Å². The Hall–Kier alpha value is -0.730. The molecule has 3 nitrogen and oxygen atoms in total. The first kappa shape index (κ1) is 17.3. The smallest absolute Gasteiger partial charge is 0.407 e. The molecule has 1 aliphatic carbocycles. The Kier molecular flexibility index (Phi) is 10.4. The lowest BCUT2D eigenvalue weighted by molar-refractivity contribution is 0.0858. The molecule has 0 aliphatic heterocycles. The van der Waals surface area contributed by atoms with E-state index in [1.165, 1.54) is 77.0 Å². The van der Waals surface area contributed by atoms with Gasteiger partial charge in [-0.25, -0.2) is 4.79 Å². The third kappa shape index (κ3) is 9.22. The lowest BCUT2D eigenvalue weighted by Crippen LogP contribution is -2.26. The van der Waals surface area contributed by atoms with Crippen LogP contribution in [0.4, 0.5) is 4.79 Å². The molecule has 0 aromatic rings. The van der Waals surface area contributed by atoms with Crippen LogP contribution in [0.5, 0.6) is 0 Å². The van der Waals surface area contributed by atoms with Crippen LogP contribution in [0.25, 0.3) is 0 Å². The van der Waals surface area contributed by atoms with Crippen LogP contribution in [0.15, 0.2) is 0 Å². The van der Waals surface area contributed by atoms with Crippen LogP contribution in [0.1, 0.15) is 89.9 Å². The normalized spacial score (nSPS) is 21.4. The van der Waals surface area contributed by atoms with Gasteiger partial charge in [0, 0.05) is 7.05 Å². The number of hydrogen-bond donors (Lipinski definition) is 1. The van der Waals surface area contributed by atoms with Crippen molar-refractivity contribution in [1.29, 1.82) is 0 Å². The maximum atomic E-state index is 11.4. The molecule has 1 saturated carbocycles. The highest BCUT2D eigenvalue weighted by molar-refractivity contribution is 5.66. The Balaban J connectivity index is 2.30. The summed E-state index contributed by atoms with van der Waals surface area (Å²) in [5.41, 5.74) is 0. The number of nitrogens with one attached hydrogen (secondary N) is 1. The van der Waals surface area contributed by atoms with E-state index in [0.717, 1.165) is 12.8 Å². The summed E-state index contributed by atoms with van der Waals surface area (Å²) in [4.78, 5) is 11.4. The molecule has 3 heteroatoms. The minimum atomic E-state index is -0.270. The summed E-state index contributed by atoms with van der Waals surface area (Å²) in [7, 11) is 1.63. The monoisotopic (exact) mass is 283 g/mol. The molecule has 0 aromatic carbocycles. The molecule has 1 amide bonds. The first-order chi connectivity index (χ1) is 9.83. The van der Waals surface area contributed by atoms with Gasteiger partial charge in [0.05, 0.1) is 0 Å². The third-order valence-electron chi connectivity index (χ3n) is 4.28. The number of amides is 1. The Bertz CT molecular complexity index is 227. The van der Waals surface area contributed by atoms with Crippen molar-refractivity contribution in [1.82, 2.24) is 5.32 Å². The van der Waals surface area contributed by atoms with E-state index in [4.69, 9.17) is 4.74 Å². The van der Waals surface area contributed by atoms with Crippen molar-refractivity contribution in [3.8, 4) is 0 Å². The van der Waals surface area contributed by atoms with Crippen molar-refractivity contribution in [3.63, 3.8) is 0 Å². The van der Waals surface area contributed by atoms with Crippen molar-refractivity contribution < 1.29 is 9.53 Å². The molecule has 20 heavy (non-hydrogen) atoms. The van der Waals surface area contributed by atoms with Crippen LogP contribution in [0, 0.1) is 0 Å². The van der Waals surface area contributed by atoms with Gasteiger partial charge in [-0.15, -0.1) is 0 Å². The van der Waals surface area contributed by atoms with Gasteiger partial charge in [0.2, 0.25) is 0 Å². The van der Waals surface area contributed by atoms with E-state index >= 15 is 0 Å². The largest absolute Gasteiger partial charge is 0.446 e. The Labute approximate surface area is 124 Å². The summed E-state index contributed by atoms with van der Waals surface area (Å²) < 4.78 is 5.48. The first-order valence-corrected chi connectivity index (χ1v) is 8.71. The molecular weight excluding hydrogens is 250 g/mol. The molecule has 0 atom stereocenters. The van der Waals surface area contributed by atoms with Gasteiger partial charge >= 0.3 is 6.09 Å². The second-order valence-corrected chi connectivity index (χ2v) is 6.10. The zero-order valence-electron chi connectivity index (χ0n) is 13.3. The van der Waals surface area contributed by atoms with Gasteiger partial charge < -0.3 is 10.1 Å². The lowest BCUT2D eigenvalue weighted by Gasteiger charge is -2.17. The van der Waals surface area contributed by atoms with Gasteiger partial charge in [-0.2, -0.15) is 0 Å². The third-order valence-corrected chi connectivity index (χ3v) is 4.28. The average Bonchev–Trinajstić information content (AvgIpc) is 2.47. The zero-order chi connectivity index (χ0) is 14.5. The van der Waals surface area contributed by atoms with Crippen molar-refractivity contribution in [2.45, 2.75) is 96.0 Å². The molecular formula is C17H33NO2. The van der Waals surface area contributed by atoms with Gasteiger partial charge in [-0.3, -0.25) is 0 Å². The molecule has 0 spiro atoms. The van der Waals surface area contributed by atoms with E-state index in [9.17, 15) is 4.79 Å². The molecule has 0 saturated heterocycles. The minimum absolute atomic E-state index is 0.125. The predicted molar refractivity (Wildman–Crippen MR) is 84.0 cm³/mol. The topological polar surface area (TPSA) is 38.3 Å². The molecule has 0 heterocycles. The summed E-state index contributed by atoms with van der Waals surface area (Å²) in [6.45, 7) is 0. The van der Waals surface area contributed by atoms with Gasteiger partial charge in [-0.1, -0.05) is 64.2 Å². The van der Waals surface area contributed by atoms with Gasteiger partial charge in [0.15, 0.2) is 0 Å². The number of carbonyl (C=O) groups excluding carboxylic acids is 1.